The van der Waals surface area contributed by atoms with Crippen molar-refractivity contribution in [3.05, 3.63) is 28.7 Å². The second-order valence-electron chi connectivity index (χ2n) is 2.40. The molecule has 0 radical (unpaired) electrons. The van der Waals surface area contributed by atoms with Crippen molar-refractivity contribution in [2.75, 3.05) is 11.9 Å². The van der Waals surface area contributed by atoms with Gasteiger partial charge in [-0.1, -0.05) is 15.9 Å². The van der Waals surface area contributed by atoms with Crippen molar-refractivity contribution < 1.29 is 0 Å². The van der Waals surface area contributed by atoms with Gasteiger partial charge in [0.2, 0.25) is 0 Å². The maximum atomic E-state index is 5.40. The number of thiol groups is 1. The molecule has 1 unspecified atom stereocenters. The second kappa shape index (κ2) is 4.74. The van der Waals surface area contributed by atoms with Crippen molar-refractivity contribution >= 4 is 34.2 Å². The van der Waals surface area contributed by atoms with E-state index in [-0.39, 0.29) is 5.37 Å². The van der Waals surface area contributed by atoms with Crippen LogP contribution >= 0.6 is 28.6 Å². The normalized spacial score (nSPS) is 12.6. The predicted octanol–water partition coefficient (Wildman–Crippen LogP) is 2.08. The standard InChI is InChI=1S/C8H11BrN2S/c9-6-1-3-7(4-2-6)11-8(12)5-10/h1-4,8,11-12H,5,10H2. The molecule has 4 heteroatoms. The Morgan fingerprint density at radius 2 is 2.00 bits per heavy atom. The Labute approximate surface area is 86.1 Å². The summed E-state index contributed by atoms with van der Waals surface area (Å²) in [4.78, 5) is 0. The van der Waals surface area contributed by atoms with Gasteiger partial charge in [-0.3, -0.25) is 0 Å². The Morgan fingerprint density at radius 3 is 2.50 bits per heavy atom. The minimum Gasteiger partial charge on any atom is -0.372 e. The highest BCUT2D eigenvalue weighted by Crippen LogP contribution is 2.15. The fourth-order valence-corrected chi connectivity index (χ4v) is 1.21. The highest BCUT2D eigenvalue weighted by atomic mass is 79.9. The first-order chi connectivity index (χ1) is 5.72. The fourth-order valence-electron chi connectivity index (χ4n) is 0.797. The van der Waals surface area contributed by atoms with Crippen molar-refractivity contribution in [2.24, 2.45) is 5.73 Å². The van der Waals surface area contributed by atoms with Gasteiger partial charge in [-0.2, -0.15) is 12.6 Å². The molecule has 0 aromatic heterocycles. The molecule has 0 aliphatic carbocycles. The van der Waals surface area contributed by atoms with Crippen LogP contribution in [0.5, 0.6) is 0 Å². The minimum absolute atomic E-state index is 0.0196. The Balaban J connectivity index is 2.58. The Morgan fingerprint density at radius 1 is 1.42 bits per heavy atom. The molecule has 1 aromatic carbocycles. The highest BCUT2D eigenvalue weighted by molar-refractivity contribution is 9.10. The van der Waals surface area contributed by atoms with E-state index in [1.165, 1.54) is 0 Å². The summed E-state index contributed by atoms with van der Waals surface area (Å²) in [6, 6.07) is 7.89. The summed E-state index contributed by atoms with van der Waals surface area (Å²) >= 11 is 7.58. The lowest BCUT2D eigenvalue weighted by Gasteiger charge is -2.11. The quantitative estimate of drug-likeness (QED) is 0.565. The van der Waals surface area contributed by atoms with Gasteiger partial charge in [0.1, 0.15) is 0 Å². The molecule has 0 spiro atoms. The predicted molar refractivity (Wildman–Crippen MR) is 59.6 cm³/mol. The summed E-state index contributed by atoms with van der Waals surface area (Å²) in [6.07, 6.45) is 0. The van der Waals surface area contributed by atoms with Crippen LogP contribution in [0.15, 0.2) is 28.7 Å². The van der Waals surface area contributed by atoms with Gasteiger partial charge >= 0.3 is 0 Å². The summed E-state index contributed by atoms with van der Waals surface area (Å²) in [6.45, 7) is 0.513. The lowest BCUT2D eigenvalue weighted by Crippen LogP contribution is -2.22. The number of nitrogens with two attached hydrogens (primary N) is 1. The van der Waals surface area contributed by atoms with E-state index >= 15 is 0 Å². The second-order valence-corrected chi connectivity index (χ2v) is 3.94. The topological polar surface area (TPSA) is 38.0 Å². The number of anilines is 1. The molecule has 0 amide bonds. The molecule has 0 fully saturated rings. The number of halogens is 1. The fraction of sp³-hybridized carbons (Fsp3) is 0.250. The third-order valence-electron chi connectivity index (χ3n) is 1.40. The minimum atomic E-state index is 0.0196. The van der Waals surface area contributed by atoms with Crippen molar-refractivity contribution in [3.8, 4) is 0 Å². The van der Waals surface area contributed by atoms with Gasteiger partial charge in [0.15, 0.2) is 0 Å². The SMILES string of the molecule is NCC(S)Nc1ccc(Br)cc1. The van der Waals surface area contributed by atoms with Crippen molar-refractivity contribution in [3.63, 3.8) is 0 Å². The number of hydrogen-bond donors (Lipinski definition) is 3. The van der Waals surface area contributed by atoms with Crippen LogP contribution in [-0.2, 0) is 0 Å². The molecule has 0 saturated heterocycles. The maximum absolute atomic E-state index is 5.40. The molecule has 66 valence electrons. The smallest absolute Gasteiger partial charge is 0.0816 e. The van der Waals surface area contributed by atoms with E-state index in [4.69, 9.17) is 5.73 Å². The van der Waals surface area contributed by atoms with Gasteiger partial charge in [-0.25, -0.2) is 0 Å². The number of nitrogens with one attached hydrogen (secondary N) is 1. The van der Waals surface area contributed by atoms with Crippen LogP contribution in [-0.4, -0.2) is 11.9 Å². The van der Waals surface area contributed by atoms with E-state index in [9.17, 15) is 0 Å². The molecular weight excluding hydrogens is 236 g/mol. The van der Waals surface area contributed by atoms with Crippen molar-refractivity contribution in [1.29, 1.82) is 0 Å². The molecule has 0 aliphatic rings. The van der Waals surface area contributed by atoms with E-state index in [0.29, 0.717) is 6.54 Å². The van der Waals surface area contributed by atoms with Crippen LogP contribution in [0.2, 0.25) is 0 Å². The zero-order chi connectivity index (χ0) is 8.97. The van der Waals surface area contributed by atoms with Crippen LogP contribution in [0.3, 0.4) is 0 Å². The van der Waals surface area contributed by atoms with Crippen LogP contribution < -0.4 is 11.1 Å². The summed E-state index contributed by atoms with van der Waals surface area (Å²) in [5, 5.41) is 3.16. The first-order valence-electron chi connectivity index (χ1n) is 3.62. The van der Waals surface area contributed by atoms with Gasteiger partial charge in [-0.05, 0) is 24.3 Å². The van der Waals surface area contributed by atoms with Crippen molar-refractivity contribution in [2.45, 2.75) is 5.37 Å². The molecule has 0 saturated carbocycles. The van der Waals surface area contributed by atoms with E-state index in [1.54, 1.807) is 0 Å². The molecule has 0 bridgehead atoms. The monoisotopic (exact) mass is 246 g/mol. The van der Waals surface area contributed by atoms with Crippen LogP contribution in [0.25, 0.3) is 0 Å². The highest BCUT2D eigenvalue weighted by Gasteiger charge is 1.98. The van der Waals surface area contributed by atoms with Gasteiger partial charge in [-0.15, -0.1) is 0 Å². The Bertz CT molecular complexity index is 237. The Kier molecular flexibility index (Phi) is 3.91. The summed E-state index contributed by atoms with van der Waals surface area (Å²) in [7, 11) is 0. The molecular formula is C8H11BrN2S. The van der Waals surface area contributed by atoms with E-state index < -0.39 is 0 Å². The van der Waals surface area contributed by atoms with Crippen LogP contribution in [0.1, 0.15) is 0 Å². The zero-order valence-corrected chi connectivity index (χ0v) is 8.98. The number of benzene rings is 1. The van der Waals surface area contributed by atoms with Gasteiger partial charge in [0, 0.05) is 16.7 Å². The summed E-state index contributed by atoms with van der Waals surface area (Å²) < 4.78 is 1.07. The Hall–Kier alpha value is -0.190. The molecule has 1 atom stereocenters. The molecule has 12 heavy (non-hydrogen) atoms. The third kappa shape index (κ3) is 3.05. The lowest BCUT2D eigenvalue weighted by atomic mass is 10.3. The molecule has 1 aromatic rings. The van der Waals surface area contributed by atoms with E-state index in [1.807, 2.05) is 24.3 Å². The van der Waals surface area contributed by atoms with Gasteiger partial charge in [0.05, 0.1) is 5.37 Å². The van der Waals surface area contributed by atoms with Crippen LogP contribution in [0, 0.1) is 0 Å². The summed E-state index contributed by atoms with van der Waals surface area (Å²) in [5.41, 5.74) is 6.43. The molecule has 0 aliphatic heterocycles. The largest absolute Gasteiger partial charge is 0.372 e. The van der Waals surface area contributed by atoms with E-state index in [2.05, 4.69) is 33.9 Å². The average Bonchev–Trinajstić information content (AvgIpc) is 2.09. The van der Waals surface area contributed by atoms with Gasteiger partial charge in [0.25, 0.3) is 0 Å². The third-order valence-corrected chi connectivity index (χ3v) is 2.27. The molecule has 3 N–H and O–H groups in total. The first kappa shape index (κ1) is 9.89. The average molecular weight is 247 g/mol. The first-order valence-corrected chi connectivity index (χ1v) is 4.93. The number of hydrogen-bond acceptors (Lipinski definition) is 3. The van der Waals surface area contributed by atoms with Crippen LogP contribution in [0.4, 0.5) is 5.69 Å². The van der Waals surface area contributed by atoms with E-state index in [0.717, 1.165) is 10.2 Å². The lowest BCUT2D eigenvalue weighted by molar-refractivity contribution is 0.971. The molecule has 0 heterocycles. The number of rotatable bonds is 3. The van der Waals surface area contributed by atoms with Gasteiger partial charge < -0.3 is 11.1 Å². The molecule has 2 nitrogen and oxygen atoms in total. The molecule has 1 rings (SSSR count). The summed E-state index contributed by atoms with van der Waals surface area (Å²) in [5.74, 6) is 0. The zero-order valence-electron chi connectivity index (χ0n) is 6.50. The van der Waals surface area contributed by atoms with Crippen molar-refractivity contribution in [1.82, 2.24) is 0 Å². The maximum Gasteiger partial charge on any atom is 0.0816 e.